The molecule has 0 aliphatic heterocycles. The average molecular weight is 420 g/mol. The van der Waals surface area contributed by atoms with Crippen molar-refractivity contribution in [1.29, 1.82) is 0 Å². The van der Waals surface area contributed by atoms with Gasteiger partial charge in [0.15, 0.2) is 11.7 Å². The van der Waals surface area contributed by atoms with Gasteiger partial charge in [-0.1, -0.05) is 18.2 Å². The Balaban J connectivity index is 1.38. The van der Waals surface area contributed by atoms with Crippen LogP contribution in [-0.2, 0) is 9.53 Å². The van der Waals surface area contributed by atoms with Crippen molar-refractivity contribution >= 4 is 39.4 Å². The molecule has 0 bridgehead atoms. The van der Waals surface area contributed by atoms with Crippen molar-refractivity contribution in [3.63, 3.8) is 0 Å². The quantitative estimate of drug-likeness (QED) is 0.476. The molecule has 0 aliphatic carbocycles. The summed E-state index contributed by atoms with van der Waals surface area (Å²) in [5.41, 5.74) is 2.83. The van der Waals surface area contributed by atoms with Gasteiger partial charge in [0, 0.05) is 23.3 Å². The summed E-state index contributed by atoms with van der Waals surface area (Å²) in [5, 5.41) is 4.87. The lowest BCUT2D eigenvalue weighted by molar-refractivity contribution is -0.119. The van der Waals surface area contributed by atoms with E-state index in [1.54, 1.807) is 31.5 Å². The van der Waals surface area contributed by atoms with Crippen LogP contribution in [0.4, 0.5) is 5.13 Å². The molecule has 4 aromatic rings. The summed E-state index contributed by atoms with van der Waals surface area (Å²) in [6.45, 7) is -0.441. The van der Waals surface area contributed by atoms with E-state index >= 15 is 0 Å². The molecular formula is C21H16N4O4S. The topological polar surface area (TPSA) is 103 Å². The molecule has 1 N–H and O–H groups in total. The smallest absolute Gasteiger partial charge is 0.340 e. The van der Waals surface area contributed by atoms with Crippen LogP contribution < -0.4 is 10.1 Å². The molecule has 1 amide bonds. The molecule has 8 nitrogen and oxygen atoms in total. The molecule has 9 heteroatoms. The molecule has 0 spiro atoms. The lowest BCUT2D eigenvalue weighted by Gasteiger charge is -2.06. The normalized spacial score (nSPS) is 10.6. The molecule has 0 fully saturated rings. The minimum atomic E-state index is -0.646. The molecule has 4 rings (SSSR count). The van der Waals surface area contributed by atoms with Crippen molar-refractivity contribution in [1.82, 2.24) is 15.0 Å². The Bertz CT molecular complexity index is 1220. The maximum atomic E-state index is 12.4. The number of carbonyl (C=O) groups is 2. The number of rotatable bonds is 6. The molecule has 150 valence electrons. The zero-order valence-corrected chi connectivity index (χ0v) is 16.7. The van der Waals surface area contributed by atoms with Crippen LogP contribution in [0.2, 0.25) is 0 Å². The SMILES string of the molecule is COc1cccc(-c2csc(NC(=O)COC(=O)c3cccc4nccnc34)n2)c1. The van der Waals surface area contributed by atoms with Crippen LogP contribution in [0.3, 0.4) is 0 Å². The first-order chi connectivity index (χ1) is 14.6. The number of nitrogens with zero attached hydrogens (tertiary/aromatic N) is 3. The molecule has 2 aromatic heterocycles. The fraction of sp³-hybridized carbons (Fsp3) is 0.0952. The number of thiazole rings is 1. The second-order valence-corrected chi connectivity index (χ2v) is 6.98. The minimum absolute atomic E-state index is 0.253. The van der Waals surface area contributed by atoms with Gasteiger partial charge in [-0.25, -0.2) is 9.78 Å². The highest BCUT2D eigenvalue weighted by molar-refractivity contribution is 7.14. The first-order valence-corrected chi connectivity index (χ1v) is 9.78. The monoisotopic (exact) mass is 420 g/mol. The van der Waals surface area contributed by atoms with Gasteiger partial charge in [0.25, 0.3) is 5.91 Å². The highest BCUT2D eigenvalue weighted by Crippen LogP contribution is 2.27. The Hall–Kier alpha value is -3.85. The number of hydrogen-bond donors (Lipinski definition) is 1. The predicted molar refractivity (Wildman–Crippen MR) is 113 cm³/mol. The van der Waals surface area contributed by atoms with Gasteiger partial charge >= 0.3 is 5.97 Å². The van der Waals surface area contributed by atoms with E-state index in [4.69, 9.17) is 9.47 Å². The lowest BCUT2D eigenvalue weighted by Crippen LogP contribution is -2.21. The number of hydrogen-bond acceptors (Lipinski definition) is 8. The standard InChI is InChI=1S/C21H16N4O4S/c1-28-14-5-2-4-13(10-14)17-12-30-21(24-17)25-18(26)11-29-20(27)15-6-3-7-16-19(15)23-9-8-22-16/h2-10,12H,11H2,1H3,(H,24,25,26). The van der Waals surface area contributed by atoms with E-state index in [-0.39, 0.29) is 5.56 Å². The number of methoxy groups -OCH3 is 1. The summed E-state index contributed by atoms with van der Waals surface area (Å²) in [7, 11) is 1.60. The third kappa shape index (κ3) is 4.26. The summed E-state index contributed by atoms with van der Waals surface area (Å²) < 4.78 is 10.3. The molecule has 0 saturated heterocycles. The minimum Gasteiger partial charge on any atom is -0.497 e. The first kappa shape index (κ1) is 19.5. The summed E-state index contributed by atoms with van der Waals surface area (Å²) in [6.07, 6.45) is 3.03. The number of fused-ring (bicyclic) bond motifs is 1. The van der Waals surface area contributed by atoms with Gasteiger partial charge in [-0.15, -0.1) is 11.3 Å². The van der Waals surface area contributed by atoms with E-state index in [1.807, 2.05) is 29.6 Å². The summed E-state index contributed by atoms with van der Waals surface area (Å²) in [5.74, 6) is -0.412. The molecule has 0 saturated carbocycles. The van der Waals surface area contributed by atoms with Crippen LogP contribution in [0.1, 0.15) is 10.4 Å². The van der Waals surface area contributed by atoms with Crippen molar-refractivity contribution in [3.05, 3.63) is 65.8 Å². The van der Waals surface area contributed by atoms with Crippen LogP contribution in [-0.4, -0.2) is 40.5 Å². The molecule has 2 heterocycles. The number of anilines is 1. The second-order valence-electron chi connectivity index (χ2n) is 6.12. The van der Waals surface area contributed by atoms with Crippen molar-refractivity contribution < 1.29 is 19.1 Å². The average Bonchev–Trinajstić information content (AvgIpc) is 3.25. The molecule has 30 heavy (non-hydrogen) atoms. The van der Waals surface area contributed by atoms with Gasteiger partial charge in [-0.3, -0.25) is 20.1 Å². The predicted octanol–water partition coefficient (Wildman–Crippen LogP) is 3.56. The van der Waals surface area contributed by atoms with Gasteiger partial charge in [0.2, 0.25) is 0 Å². The molecule has 0 aliphatic rings. The van der Waals surface area contributed by atoms with Crippen LogP contribution in [0, 0.1) is 0 Å². The van der Waals surface area contributed by atoms with Crippen molar-refractivity contribution in [2.75, 3.05) is 19.0 Å². The number of nitrogens with one attached hydrogen (secondary N) is 1. The maximum absolute atomic E-state index is 12.4. The lowest BCUT2D eigenvalue weighted by atomic mass is 10.2. The Labute approximate surface area is 175 Å². The summed E-state index contributed by atoms with van der Waals surface area (Å²) in [6, 6.07) is 12.5. The van der Waals surface area contributed by atoms with Gasteiger partial charge in [-0.2, -0.15) is 0 Å². The van der Waals surface area contributed by atoms with Crippen molar-refractivity contribution in [3.8, 4) is 17.0 Å². The summed E-state index contributed by atoms with van der Waals surface area (Å²) in [4.78, 5) is 37.3. The van der Waals surface area contributed by atoms with Crippen molar-refractivity contribution in [2.24, 2.45) is 0 Å². The highest BCUT2D eigenvalue weighted by Gasteiger charge is 2.15. The number of ether oxygens (including phenoxy) is 2. The zero-order chi connectivity index (χ0) is 20.9. The van der Waals surface area contributed by atoms with Crippen LogP contribution in [0.5, 0.6) is 5.75 Å². The number of aromatic nitrogens is 3. The van der Waals surface area contributed by atoms with E-state index in [1.165, 1.54) is 17.5 Å². The second kappa shape index (κ2) is 8.66. The number of para-hydroxylation sites is 1. The zero-order valence-electron chi connectivity index (χ0n) is 15.9. The van der Waals surface area contributed by atoms with Crippen LogP contribution >= 0.6 is 11.3 Å². The Morgan fingerprint density at radius 1 is 1.10 bits per heavy atom. The van der Waals surface area contributed by atoms with Gasteiger partial charge in [0.05, 0.1) is 23.9 Å². The van der Waals surface area contributed by atoms with E-state index in [2.05, 4.69) is 20.3 Å². The summed E-state index contributed by atoms with van der Waals surface area (Å²) >= 11 is 1.28. The van der Waals surface area contributed by atoms with Crippen molar-refractivity contribution in [2.45, 2.75) is 0 Å². The third-order valence-electron chi connectivity index (χ3n) is 4.17. The van der Waals surface area contributed by atoms with Gasteiger partial charge in [-0.05, 0) is 24.3 Å². The van der Waals surface area contributed by atoms with Gasteiger partial charge < -0.3 is 9.47 Å². The van der Waals surface area contributed by atoms with E-state index in [9.17, 15) is 9.59 Å². The number of esters is 1. The molecule has 0 unspecified atom stereocenters. The fourth-order valence-electron chi connectivity index (χ4n) is 2.77. The van der Waals surface area contributed by atoms with E-state index < -0.39 is 18.5 Å². The van der Waals surface area contributed by atoms with Gasteiger partial charge in [0.1, 0.15) is 11.3 Å². The number of amides is 1. The Morgan fingerprint density at radius 2 is 1.93 bits per heavy atom. The Kier molecular flexibility index (Phi) is 5.62. The number of benzene rings is 2. The van der Waals surface area contributed by atoms with E-state index in [0.29, 0.717) is 21.9 Å². The highest BCUT2D eigenvalue weighted by atomic mass is 32.1. The fourth-order valence-corrected chi connectivity index (χ4v) is 3.50. The first-order valence-electron chi connectivity index (χ1n) is 8.91. The molecule has 2 aromatic carbocycles. The Morgan fingerprint density at radius 3 is 2.80 bits per heavy atom. The van der Waals surface area contributed by atoms with Crippen LogP contribution in [0.25, 0.3) is 22.3 Å². The largest absolute Gasteiger partial charge is 0.497 e. The maximum Gasteiger partial charge on any atom is 0.340 e. The van der Waals surface area contributed by atoms with E-state index in [0.717, 1.165) is 11.3 Å². The third-order valence-corrected chi connectivity index (χ3v) is 4.93. The molecule has 0 atom stereocenters. The molecule has 0 radical (unpaired) electrons. The number of carbonyl (C=O) groups excluding carboxylic acids is 2. The molecular weight excluding hydrogens is 404 g/mol. The van der Waals surface area contributed by atoms with Crippen LogP contribution in [0.15, 0.2) is 60.2 Å².